The fourth-order valence-electron chi connectivity index (χ4n) is 4.28. The molecule has 0 saturated carbocycles. The second-order valence-corrected chi connectivity index (χ2v) is 8.33. The third-order valence-electron chi connectivity index (χ3n) is 5.98. The molecule has 1 heterocycles. The molecular formula is C22H30O7. The van der Waals surface area contributed by atoms with Crippen molar-refractivity contribution in [1.29, 1.82) is 0 Å². The van der Waals surface area contributed by atoms with E-state index in [1.807, 2.05) is 26.0 Å². The molecule has 1 aliphatic heterocycles. The van der Waals surface area contributed by atoms with E-state index in [1.54, 1.807) is 0 Å². The molecule has 160 valence electrons. The van der Waals surface area contributed by atoms with Crippen molar-refractivity contribution in [3.05, 3.63) is 29.3 Å². The van der Waals surface area contributed by atoms with Crippen molar-refractivity contribution in [2.45, 2.75) is 51.7 Å². The summed E-state index contributed by atoms with van der Waals surface area (Å²) in [5, 5.41) is 18.7. The summed E-state index contributed by atoms with van der Waals surface area (Å²) >= 11 is 0. The lowest BCUT2D eigenvalue weighted by molar-refractivity contribution is -0.156. The Kier molecular flexibility index (Phi) is 7.14. The van der Waals surface area contributed by atoms with Gasteiger partial charge in [-0.2, -0.15) is 0 Å². The Morgan fingerprint density at radius 3 is 2.76 bits per heavy atom. The number of benzene rings is 1. The Labute approximate surface area is 171 Å². The zero-order valence-electron chi connectivity index (χ0n) is 17.0. The Morgan fingerprint density at radius 1 is 1.24 bits per heavy atom. The van der Waals surface area contributed by atoms with E-state index in [-0.39, 0.29) is 24.7 Å². The van der Waals surface area contributed by atoms with Crippen LogP contribution in [0.2, 0.25) is 0 Å². The molecule has 0 aromatic heterocycles. The molecule has 2 N–H and O–H groups in total. The molecule has 7 heteroatoms. The van der Waals surface area contributed by atoms with Gasteiger partial charge in [-0.3, -0.25) is 0 Å². The number of aliphatic hydroxyl groups is 1. The highest BCUT2D eigenvalue weighted by molar-refractivity contribution is 5.76. The lowest BCUT2D eigenvalue weighted by Crippen LogP contribution is -2.30. The number of carbonyl (C=O) groups is 2. The first-order chi connectivity index (χ1) is 13.8. The van der Waals surface area contributed by atoms with Crippen LogP contribution in [-0.4, -0.2) is 54.2 Å². The zero-order valence-corrected chi connectivity index (χ0v) is 17.0. The molecule has 0 spiro atoms. The van der Waals surface area contributed by atoms with Crippen LogP contribution in [0.3, 0.4) is 0 Å². The van der Waals surface area contributed by atoms with E-state index in [9.17, 15) is 14.7 Å². The molecule has 29 heavy (non-hydrogen) atoms. The number of aliphatic carboxylic acids is 1. The number of fused-ring (bicyclic) bond motifs is 2. The smallest absolute Gasteiger partial charge is 0.344 e. The Bertz CT molecular complexity index is 730. The lowest BCUT2D eigenvalue weighted by atomic mass is 9.74. The first-order valence-electron chi connectivity index (χ1n) is 10.3. The molecule has 0 bridgehead atoms. The number of aliphatic hydroxyl groups excluding tert-OH is 1. The van der Waals surface area contributed by atoms with Crippen molar-refractivity contribution in [1.82, 2.24) is 0 Å². The van der Waals surface area contributed by atoms with Crippen LogP contribution in [0.25, 0.3) is 0 Å². The maximum atomic E-state index is 11.6. The van der Waals surface area contributed by atoms with Crippen LogP contribution in [0.15, 0.2) is 18.2 Å². The summed E-state index contributed by atoms with van der Waals surface area (Å²) in [5.41, 5.74) is 2.29. The number of ether oxygens (including phenoxy) is 3. The molecule has 4 atom stereocenters. The van der Waals surface area contributed by atoms with Gasteiger partial charge in [0.1, 0.15) is 5.75 Å². The third kappa shape index (κ3) is 5.48. The first-order valence-corrected chi connectivity index (χ1v) is 10.3. The van der Waals surface area contributed by atoms with Gasteiger partial charge in [-0.05, 0) is 60.6 Å². The van der Waals surface area contributed by atoms with Crippen LogP contribution in [0, 0.1) is 17.8 Å². The first kappa shape index (κ1) is 21.6. The highest BCUT2D eigenvalue weighted by Gasteiger charge is 2.41. The summed E-state index contributed by atoms with van der Waals surface area (Å²) in [6.45, 7) is 3.77. The highest BCUT2D eigenvalue weighted by atomic mass is 16.6. The largest absolute Gasteiger partial charge is 0.482 e. The minimum absolute atomic E-state index is 0.164. The summed E-state index contributed by atoms with van der Waals surface area (Å²) in [4.78, 5) is 22.1. The number of carboxylic acid groups (broad SMARTS) is 1. The van der Waals surface area contributed by atoms with E-state index in [1.165, 1.54) is 5.56 Å². The quantitative estimate of drug-likeness (QED) is 0.606. The van der Waals surface area contributed by atoms with Gasteiger partial charge in [0.25, 0.3) is 0 Å². The third-order valence-corrected chi connectivity index (χ3v) is 5.98. The number of carboxylic acids is 1. The predicted octanol–water partition coefficient (Wildman–Crippen LogP) is 2.22. The molecule has 1 aliphatic carbocycles. The predicted molar refractivity (Wildman–Crippen MR) is 105 cm³/mol. The van der Waals surface area contributed by atoms with E-state index in [0.717, 1.165) is 31.2 Å². The van der Waals surface area contributed by atoms with Gasteiger partial charge in [-0.1, -0.05) is 26.0 Å². The van der Waals surface area contributed by atoms with Gasteiger partial charge in [-0.15, -0.1) is 0 Å². The molecule has 1 aromatic carbocycles. The van der Waals surface area contributed by atoms with E-state index in [0.29, 0.717) is 24.2 Å². The normalized spacial score (nSPS) is 23.9. The monoisotopic (exact) mass is 406 g/mol. The minimum Gasteiger partial charge on any atom is -0.482 e. The fourth-order valence-corrected chi connectivity index (χ4v) is 4.28. The second kappa shape index (κ2) is 9.59. The Hall–Kier alpha value is -2.12. The van der Waals surface area contributed by atoms with Gasteiger partial charge in [0.05, 0.1) is 18.8 Å². The van der Waals surface area contributed by atoms with Crippen LogP contribution in [0.5, 0.6) is 5.75 Å². The molecule has 0 amide bonds. The maximum Gasteiger partial charge on any atom is 0.344 e. The second-order valence-electron chi connectivity index (χ2n) is 8.33. The number of rotatable bonds is 9. The van der Waals surface area contributed by atoms with Crippen molar-refractivity contribution in [3.63, 3.8) is 0 Å². The van der Waals surface area contributed by atoms with Crippen LogP contribution in [-0.2, 0) is 31.9 Å². The molecule has 1 aromatic rings. The van der Waals surface area contributed by atoms with E-state index in [2.05, 4.69) is 10.8 Å². The van der Waals surface area contributed by atoms with Gasteiger partial charge >= 0.3 is 11.9 Å². The number of carbonyl (C=O) groups excluding carboxylic acids is 1. The molecule has 7 nitrogen and oxygen atoms in total. The van der Waals surface area contributed by atoms with E-state index < -0.39 is 18.5 Å². The molecule has 2 aliphatic rings. The SMILES string of the molecule is CC(C)C(O)CCC1OCC2Cc3c(cccc3OCC(=O)OCC(=O)O)CC21. The highest BCUT2D eigenvalue weighted by Crippen LogP contribution is 2.42. The van der Waals surface area contributed by atoms with Gasteiger partial charge < -0.3 is 24.4 Å². The topological polar surface area (TPSA) is 102 Å². The molecule has 1 fully saturated rings. The number of hydrogen-bond donors (Lipinski definition) is 2. The Balaban J connectivity index is 1.60. The summed E-state index contributed by atoms with van der Waals surface area (Å²) in [7, 11) is 0. The maximum absolute atomic E-state index is 11.6. The molecular weight excluding hydrogens is 376 g/mol. The van der Waals surface area contributed by atoms with Crippen LogP contribution < -0.4 is 4.74 Å². The van der Waals surface area contributed by atoms with Gasteiger partial charge in [0.2, 0.25) is 0 Å². The standard InChI is InChI=1S/C22H30O7/c1-13(2)18(23)6-7-20-17-8-14-4-3-5-19(16(14)9-15(17)10-27-20)28-12-22(26)29-11-21(24)25/h3-5,13,15,17-18,20,23H,6-12H2,1-2H3,(H,24,25). The van der Waals surface area contributed by atoms with E-state index in [4.69, 9.17) is 14.6 Å². The van der Waals surface area contributed by atoms with Crippen molar-refractivity contribution in [2.75, 3.05) is 19.8 Å². The Morgan fingerprint density at radius 2 is 2.03 bits per heavy atom. The van der Waals surface area contributed by atoms with Gasteiger partial charge in [0, 0.05) is 0 Å². The molecule has 3 rings (SSSR count). The van der Waals surface area contributed by atoms with Crippen molar-refractivity contribution in [3.8, 4) is 5.75 Å². The fraction of sp³-hybridized carbons (Fsp3) is 0.636. The van der Waals surface area contributed by atoms with Gasteiger partial charge in [-0.25, -0.2) is 9.59 Å². The van der Waals surface area contributed by atoms with Crippen molar-refractivity contribution in [2.24, 2.45) is 17.8 Å². The summed E-state index contributed by atoms with van der Waals surface area (Å²) < 4.78 is 16.3. The van der Waals surface area contributed by atoms with Crippen molar-refractivity contribution >= 4 is 11.9 Å². The summed E-state index contributed by atoms with van der Waals surface area (Å²) in [5.74, 6) is -0.178. The minimum atomic E-state index is -1.20. The summed E-state index contributed by atoms with van der Waals surface area (Å²) in [6, 6.07) is 5.82. The van der Waals surface area contributed by atoms with Crippen LogP contribution in [0.1, 0.15) is 37.8 Å². The molecule has 0 radical (unpaired) electrons. The van der Waals surface area contributed by atoms with Gasteiger partial charge in [0.15, 0.2) is 13.2 Å². The number of esters is 1. The van der Waals surface area contributed by atoms with Crippen molar-refractivity contribution < 1.29 is 34.0 Å². The van der Waals surface area contributed by atoms with Crippen LogP contribution in [0.4, 0.5) is 0 Å². The average molecular weight is 406 g/mol. The zero-order chi connectivity index (χ0) is 21.0. The summed E-state index contributed by atoms with van der Waals surface area (Å²) in [6.07, 6.45) is 3.19. The lowest BCUT2D eigenvalue weighted by Gasteiger charge is -2.31. The van der Waals surface area contributed by atoms with E-state index >= 15 is 0 Å². The molecule has 1 saturated heterocycles. The average Bonchev–Trinajstić information content (AvgIpc) is 3.08. The molecule has 4 unspecified atom stereocenters. The van der Waals surface area contributed by atoms with Crippen LogP contribution >= 0.6 is 0 Å². The number of hydrogen-bond acceptors (Lipinski definition) is 6.